The molecule has 0 saturated carbocycles. The first-order valence-corrected chi connectivity index (χ1v) is 16.6. The first-order chi connectivity index (χ1) is 7.27. The number of hydrogen-bond donors (Lipinski definition) is 0. The summed E-state index contributed by atoms with van der Waals surface area (Å²) in [5.74, 6) is 0.857. The summed E-state index contributed by atoms with van der Waals surface area (Å²) in [6.45, 7) is 0. The predicted octanol–water partition coefficient (Wildman–Crippen LogP) is 5.86. The summed E-state index contributed by atoms with van der Waals surface area (Å²) in [7, 11) is -1.09. The van der Waals surface area contributed by atoms with Crippen molar-refractivity contribution in [1.29, 1.82) is 0 Å². The molecule has 1 unspecified atom stereocenters. The minimum absolute atomic E-state index is 0.344. The molecular weight excluding hydrogens is 809 g/mol. The van der Waals surface area contributed by atoms with Gasteiger partial charge < -0.3 is 4.74 Å². The molecule has 0 aliphatic heterocycles. The largest absolute Gasteiger partial charge is 0.489 e. The summed E-state index contributed by atoms with van der Waals surface area (Å²) in [6, 6.07) is 9.80. The fraction of sp³-hybridized carbons (Fsp3) is 0.250. The SMILES string of the molecule is Cl[C](I)([Al]([I])[I])C(I)(I)Oc1ccccc1. The van der Waals surface area contributed by atoms with E-state index < -0.39 is 9.20 Å². The lowest BCUT2D eigenvalue weighted by molar-refractivity contribution is 0.298. The Balaban J connectivity index is 2.87. The number of halogens is 6. The molecular formula is C8H5AlClI5O. The number of rotatable bonds is 4. The predicted molar refractivity (Wildman–Crippen MR) is 114 cm³/mol. The molecule has 0 bridgehead atoms. The maximum absolute atomic E-state index is 6.61. The second-order valence-corrected chi connectivity index (χ2v) is 28.5. The average molecular weight is 814 g/mol. The molecule has 88 valence electrons. The van der Waals surface area contributed by atoms with Crippen LogP contribution in [0.1, 0.15) is 0 Å². The molecule has 16 heavy (non-hydrogen) atoms. The van der Waals surface area contributed by atoms with Crippen LogP contribution in [0.25, 0.3) is 0 Å². The Morgan fingerprint density at radius 1 is 1.06 bits per heavy atom. The Morgan fingerprint density at radius 2 is 1.56 bits per heavy atom. The van der Waals surface area contributed by atoms with E-state index in [9.17, 15) is 0 Å². The van der Waals surface area contributed by atoms with Gasteiger partial charge in [0.15, 0.2) is 0 Å². The van der Waals surface area contributed by atoms with E-state index in [-0.39, 0.29) is 1.74 Å². The van der Waals surface area contributed by atoms with Gasteiger partial charge >= 0.3 is 7.58 Å². The zero-order valence-electron chi connectivity index (χ0n) is 7.64. The third kappa shape index (κ3) is 4.80. The van der Waals surface area contributed by atoms with Crippen LogP contribution in [0.2, 0.25) is 0 Å². The number of benzene rings is 1. The average Bonchev–Trinajstić information content (AvgIpc) is 2.18. The Kier molecular flexibility index (Phi) is 8.21. The zero-order valence-corrected chi connectivity index (χ0v) is 20.3. The molecule has 0 saturated heterocycles. The van der Waals surface area contributed by atoms with Gasteiger partial charge in [-0.1, -0.05) is 40.8 Å². The van der Waals surface area contributed by atoms with Crippen molar-refractivity contribution in [1.82, 2.24) is 0 Å². The molecule has 1 aromatic rings. The van der Waals surface area contributed by atoms with Gasteiger partial charge in [-0.25, -0.2) is 0 Å². The van der Waals surface area contributed by atoms with Gasteiger partial charge in [-0.2, -0.15) is 40.5 Å². The fourth-order valence-electron chi connectivity index (χ4n) is 0.832. The van der Waals surface area contributed by atoms with Crippen LogP contribution in [-0.4, -0.2) is 10.9 Å². The molecule has 1 aromatic carbocycles. The van der Waals surface area contributed by atoms with Crippen LogP contribution < -0.4 is 4.74 Å². The van der Waals surface area contributed by atoms with Gasteiger partial charge in [-0.05, 0) is 57.3 Å². The summed E-state index contributed by atoms with van der Waals surface area (Å²) in [5, 5.41) is 0. The monoisotopic (exact) mass is 814 g/mol. The normalized spacial score (nSPS) is 15.4. The smallest absolute Gasteiger partial charge is 0.466 e. The molecule has 0 heterocycles. The van der Waals surface area contributed by atoms with Crippen molar-refractivity contribution in [3.05, 3.63) is 30.3 Å². The van der Waals surface area contributed by atoms with E-state index in [0.717, 1.165) is 5.75 Å². The number of para-hydroxylation sites is 1. The minimum Gasteiger partial charge on any atom is -0.466 e. The standard InChI is InChI=1S/C8H5ClI3O.Al.2HI/c9-7(10)8(11,12)13-6-4-2-1-3-5-6;;;/h1-5H;;2*1H/q;+2;;/p-2. The summed E-state index contributed by atoms with van der Waals surface area (Å²) >= 11 is 18.4. The van der Waals surface area contributed by atoms with Gasteiger partial charge in [0.1, 0.15) is 7.49 Å². The van der Waals surface area contributed by atoms with Crippen molar-refractivity contribution in [3.8, 4) is 5.75 Å². The third-order valence-corrected chi connectivity index (χ3v) is 27.1. The van der Waals surface area contributed by atoms with Crippen molar-refractivity contribution >= 4 is 128 Å². The molecule has 0 amide bonds. The maximum atomic E-state index is 6.61. The van der Waals surface area contributed by atoms with Crippen LogP contribution in [0.5, 0.6) is 5.75 Å². The van der Waals surface area contributed by atoms with Gasteiger partial charge in [-0.3, -0.25) is 0 Å². The van der Waals surface area contributed by atoms with E-state index in [2.05, 4.69) is 108 Å². The Morgan fingerprint density at radius 3 is 2.00 bits per heavy atom. The van der Waals surface area contributed by atoms with Gasteiger partial charge in [0.05, 0.1) is 0 Å². The highest BCUT2D eigenvalue weighted by molar-refractivity contribution is 14.3. The van der Waals surface area contributed by atoms with Crippen molar-refractivity contribution < 1.29 is 4.74 Å². The first kappa shape index (κ1) is 17.5. The van der Waals surface area contributed by atoms with E-state index in [1.165, 1.54) is 0 Å². The van der Waals surface area contributed by atoms with Crippen LogP contribution >= 0.6 is 120 Å². The van der Waals surface area contributed by atoms with Gasteiger partial charge in [0, 0.05) is 0 Å². The van der Waals surface area contributed by atoms with E-state index in [0.29, 0.717) is 0 Å². The van der Waals surface area contributed by atoms with Crippen molar-refractivity contribution in [2.24, 2.45) is 0 Å². The quantitative estimate of drug-likeness (QED) is 0.211. The van der Waals surface area contributed by atoms with Gasteiger partial charge in [-0.15, -0.1) is 11.6 Å². The van der Waals surface area contributed by atoms with Crippen molar-refractivity contribution in [2.75, 3.05) is 0 Å². The van der Waals surface area contributed by atoms with Crippen LogP contribution in [0.4, 0.5) is 0 Å². The number of ether oxygens (including phenoxy) is 1. The molecule has 1 atom stereocenters. The third-order valence-electron chi connectivity index (χ3n) is 1.65. The Hall–Kier alpha value is 3.49. The summed E-state index contributed by atoms with van der Waals surface area (Å²) in [6.07, 6.45) is 0. The molecule has 1 nitrogen and oxygen atoms in total. The zero-order chi connectivity index (χ0) is 12.4. The Labute approximate surface area is 168 Å². The molecule has 0 N–H and O–H groups in total. The van der Waals surface area contributed by atoms with E-state index in [1.807, 2.05) is 30.3 Å². The summed E-state index contributed by atoms with van der Waals surface area (Å²) in [4.78, 5) is 0. The number of hydrogen-bond acceptors (Lipinski definition) is 1. The lowest BCUT2D eigenvalue weighted by Gasteiger charge is -2.34. The van der Waals surface area contributed by atoms with Crippen LogP contribution in [0, 0.1) is 0 Å². The molecule has 0 radical (unpaired) electrons. The molecule has 0 fully saturated rings. The molecule has 0 aliphatic carbocycles. The molecule has 0 aliphatic rings. The molecule has 8 heteroatoms. The fourth-order valence-corrected chi connectivity index (χ4v) is 13.5. The van der Waals surface area contributed by atoms with Crippen molar-refractivity contribution in [3.63, 3.8) is 0 Å². The van der Waals surface area contributed by atoms with Gasteiger partial charge in [0.25, 0.3) is 0 Å². The topological polar surface area (TPSA) is 9.23 Å². The highest BCUT2D eigenvalue weighted by Crippen LogP contribution is 2.53. The highest BCUT2D eigenvalue weighted by atomic mass is 127. The number of alkyl halides is 4. The Bertz CT molecular complexity index is 346. The minimum atomic E-state index is -1.09. The van der Waals surface area contributed by atoms with E-state index in [1.54, 1.807) is 0 Å². The molecule has 1 rings (SSSR count). The van der Waals surface area contributed by atoms with E-state index in [4.69, 9.17) is 16.3 Å². The van der Waals surface area contributed by atoms with E-state index >= 15 is 0 Å². The first-order valence-electron chi connectivity index (χ1n) is 4.05. The van der Waals surface area contributed by atoms with Gasteiger partial charge in [0.2, 0.25) is 1.61 Å². The second-order valence-electron chi connectivity index (χ2n) is 2.86. The lowest BCUT2D eigenvalue weighted by Crippen LogP contribution is -2.46. The van der Waals surface area contributed by atoms with Crippen LogP contribution in [0.15, 0.2) is 30.3 Å². The maximum Gasteiger partial charge on any atom is 0.489 e. The highest BCUT2D eigenvalue weighted by Gasteiger charge is 2.54. The second kappa shape index (κ2) is 7.49. The molecule has 0 aromatic heterocycles. The summed E-state index contributed by atoms with van der Waals surface area (Å²) < 4.78 is 5.20. The van der Waals surface area contributed by atoms with Crippen LogP contribution in [-0.2, 0) is 0 Å². The van der Waals surface area contributed by atoms with Crippen LogP contribution in [0.3, 0.4) is 0 Å². The van der Waals surface area contributed by atoms with Crippen molar-refractivity contribution in [2.45, 2.75) is 3.36 Å². The lowest BCUT2D eigenvalue weighted by atomic mass is 10.3. The molecule has 0 spiro atoms. The summed E-state index contributed by atoms with van der Waals surface area (Å²) in [5.41, 5.74) is 0.